The molecule has 3 rings (SSSR count). The molecule has 0 aliphatic carbocycles. The largest absolute Gasteiger partial charge is 0.497 e. The molecular formula is C18H24N4O3. The Hall–Kier alpha value is -2.41. The van der Waals surface area contributed by atoms with Crippen LogP contribution in [0.5, 0.6) is 5.75 Å². The van der Waals surface area contributed by atoms with Crippen LogP contribution in [0.15, 0.2) is 28.8 Å². The van der Waals surface area contributed by atoms with Gasteiger partial charge in [0.2, 0.25) is 11.8 Å². The molecule has 7 nitrogen and oxygen atoms in total. The van der Waals surface area contributed by atoms with Crippen LogP contribution in [0.2, 0.25) is 0 Å². The first-order valence-electron chi connectivity index (χ1n) is 8.56. The summed E-state index contributed by atoms with van der Waals surface area (Å²) in [4.78, 5) is 20.8. The van der Waals surface area contributed by atoms with Crippen molar-refractivity contribution in [2.45, 2.75) is 26.3 Å². The van der Waals surface area contributed by atoms with Crippen LogP contribution in [-0.4, -0.2) is 59.1 Å². The molecule has 1 aliphatic heterocycles. The van der Waals surface area contributed by atoms with Gasteiger partial charge in [0.25, 0.3) is 0 Å². The van der Waals surface area contributed by atoms with Gasteiger partial charge in [-0.1, -0.05) is 17.3 Å². The van der Waals surface area contributed by atoms with E-state index in [0.717, 1.165) is 43.9 Å². The van der Waals surface area contributed by atoms with Gasteiger partial charge in [-0.25, -0.2) is 0 Å². The van der Waals surface area contributed by atoms with E-state index in [1.807, 2.05) is 36.1 Å². The van der Waals surface area contributed by atoms with Gasteiger partial charge in [-0.05, 0) is 31.0 Å². The molecular weight excluding hydrogens is 320 g/mol. The molecule has 0 unspecified atom stereocenters. The fraction of sp³-hybridized carbons (Fsp3) is 0.500. The standard InChI is InChI=1S/C18H24N4O3/c1-14-19-17(25-20-14)13-21-9-11-22(12-10-21)18(23)8-5-15-3-6-16(24-2)7-4-15/h3-4,6-7H,5,8-13H2,1-2H3. The Morgan fingerprint density at radius 1 is 1.20 bits per heavy atom. The lowest BCUT2D eigenvalue weighted by molar-refractivity contribution is -0.133. The van der Waals surface area contributed by atoms with Gasteiger partial charge in [0.1, 0.15) is 5.75 Å². The summed E-state index contributed by atoms with van der Waals surface area (Å²) >= 11 is 0. The van der Waals surface area contributed by atoms with Crippen LogP contribution < -0.4 is 4.74 Å². The van der Waals surface area contributed by atoms with Crippen LogP contribution in [0.1, 0.15) is 23.7 Å². The monoisotopic (exact) mass is 344 g/mol. The zero-order valence-corrected chi connectivity index (χ0v) is 14.8. The zero-order valence-electron chi connectivity index (χ0n) is 14.8. The summed E-state index contributed by atoms with van der Waals surface area (Å²) in [6, 6.07) is 7.88. The van der Waals surface area contributed by atoms with Gasteiger partial charge in [-0.2, -0.15) is 4.98 Å². The first-order chi connectivity index (χ1) is 12.1. The van der Waals surface area contributed by atoms with Gasteiger partial charge in [0.15, 0.2) is 5.82 Å². The van der Waals surface area contributed by atoms with E-state index in [-0.39, 0.29) is 5.91 Å². The molecule has 7 heteroatoms. The molecule has 0 spiro atoms. The van der Waals surface area contributed by atoms with Crippen molar-refractivity contribution in [2.75, 3.05) is 33.3 Å². The van der Waals surface area contributed by atoms with Crippen molar-refractivity contribution in [2.24, 2.45) is 0 Å². The maximum atomic E-state index is 12.4. The number of piperazine rings is 1. The molecule has 2 heterocycles. The number of rotatable bonds is 6. The fourth-order valence-electron chi connectivity index (χ4n) is 2.95. The van der Waals surface area contributed by atoms with Crippen LogP contribution in [0, 0.1) is 6.92 Å². The minimum Gasteiger partial charge on any atom is -0.497 e. The Balaban J connectivity index is 1.41. The second-order valence-electron chi connectivity index (χ2n) is 6.24. The van der Waals surface area contributed by atoms with E-state index in [1.165, 1.54) is 0 Å². The van der Waals surface area contributed by atoms with E-state index in [9.17, 15) is 4.79 Å². The molecule has 1 aromatic carbocycles. The van der Waals surface area contributed by atoms with E-state index in [1.54, 1.807) is 7.11 Å². The van der Waals surface area contributed by atoms with Crippen LogP contribution >= 0.6 is 0 Å². The first kappa shape index (κ1) is 17.4. The topological polar surface area (TPSA) is 71.7 Å². The second kappa shape index (κ2) is 8.11. The van der Waals surface area contributed by atoms with Crippen molar-refractivity contribution in [3.8, 4) is 5.75 Å². The number of benzene rings is 1. The van der Waals surface area contributed by atoms with Crippen LogP contribution in [0.25, 0.3) is 0 Å². The summed E-state index contributed by atoms with van der Waals surface area (Å²) in [6.45, 7) is 5.61. The maximum Gasteiger partial charge on any atom is 0.240 e. The highest BCUT2D eigenvalue weighted by Gasteiger charge is 2.22. The smallest absolute Gasteiger partial charge is 0.240 e. The van der Waals surface area contributed by atoms with E-state index in [0.29, 0.717) is 24.7 Å². The van der Waals surface area contributed by atoms with Gasteiger partial charge in [-0.3, -0.25) is 9.69 Å². The predicted molar refractivity (Wildman–Crippen MR) is 92.2 cm³/mol. The van der Waals surface area contributed by atoms with E-state index in [2.05, 4.69) is 15.0 Å². The number of aryl methyl sites for hydroxylation is 2. The van der Waals surface area contributed by atoms with E-state index >= 15 is 0 Å². The first-order valence-corrected chi connectivity index (χ1v) is 8.56. The summed E-state index contributed by atoms with van der Waals surface area (Å²) in [5.41, 5.74) is 1.15. The van der Waals surface area contributed by atoms with Crippen molar-refractivity contribution in [1.29, 1.82) is 0 Å². The van der Waals surface area contributed by atoms with Gasteiger partial charge in [-0.15, -0.1) is 0 Å². The average molecular weight is 344 g/mol. The Bertz CT molecular complexity index is 691. The maximum absolute atomic E-state index is 12.4. The molecule has 1 aliphatic rings. The van der Waals surface area contributed by atoms with Crippen molar-refractivity contribution >= 4 is 5.91 Å². The van der Waals surface area contributed by atoms with E-state index < -0.39 is 0 Å². The summed E-state index contributed by atoms with van der Waals surface area (Å²) < 4.78 is 10.3. The molecule has 1 fully saturated rings. The van der Waals surface area contributed by atoms with Crippen molar-refractivity contribution in [1.82, 2.24) is 19.9 Å². The number of hydrogen-bond donors (Lipinski definition) is 0. The highest BCUT2D eigenvalue weighted by molar-refractivity contribution is 5.76. The minimum absolute atomic E-state index is 0.212. The van der Waals surface area contributed by atoms with Crippen molar-refractivity contribution in [3.05, 3.63) is 41.5 Å². The lowest BCUT2D eigenvalue weighted by Crippen LogP contribution is -2.48. The molecule has 0 saturated carbocycles. The third-order valence-electron chi connectivity index (χ3n) is 4.44. The second-order valence-corrected chi connectivity index (χ2v) is 6.24. The molecule has 1 amide bonds. The van der Waals surface area contributed by atoms with Crippen LogP contribution in [0.3, 0.4) is 0 Å². The molecule has 0 atom stereocenters. The number of methoxy groups -OCH3 is 1. The molecule has 0 N–H and O–H groups in total. The Kier molecular flexibility index (Phi) is 5.65. The fourth-order valence-corrected chi connectivity index (χ4v) is 2.95. The van der Waals surface area contributed by atoms with Crippen LogP contribution in [0.4, 0.5) is 0 Å². The third kappa shape index (κ3) is 4.79. The molecule has 0 bridgehead atoms. The molecule has 25 heavy (non-hydrogen) atoms. The summed E-state index contributed by atoms with van der Waals surface area (Å²) in [5.74, 6) is 2.34. The zero-order chi connectivity index (χ0) is 17.6. The Labute approximate surface area is 147 Å². The summed E-state index contributed by atoms with van der Waals surface area (Å²) in [5, 5.41) is 3.80. The third-order valence-corrected chi connectivity index (χ3v) is 4.44. The Morgan fingerprint density at radius 3 is 2.52 bits per heavy atom. The summed E-state index contributed by atoms with van der Waals surface area (Å²) in [6.07, 6.45) is 1.29. The normalized spacial score (nSPS) is 15.4. The number of carbonyl (C=O) groups excluding carboxylic acids is 1. The number of ether oxygens (including phenoxy) is 1. The molecule has 1 aromatic heterocycles. The highest BCUT2D eigenvalue weighted by atomic mass is 16.5. The van der Waals surface area contributed by atoms with Gasteiger partial charge in [0, 0.05) is 32.6 Å². The lowest BCUT2D eigenvalue weighted by atomic mass is 10.1. The number of nitrogens with zero attached hydrogens (tertiary/aromatic N) is 4. The van der Waals surface area contributed by atoms with Gasteiger partial charge >= 0.3 is 0 Å². The average Bonchev–Trinajstić information content (AvgIpc) is 3.05. The summed E-state index contributed by atoms with van der Waals surface area (Å²) in [7, 11) is 1.65. The highest BCUT2D eigenvalue weighted by Crippen LogP contribution is 2.14. The van der Waals surface area contributed by atoms with Crippen molar-refractivity contribution in [3.63, 3.8) is 0 Å². The number of aromatic nitrogens is 2. The number of amides is 1. The SMILES string of the molecule is COc1ccc(CCC(=O)N2CCN(Cc3nc(C)no3)CC2)cc1. The molecule has 1 saturated heterocycles. The quantitative estimate of drug-likeness (QED) is 0.794. The molecule has 134 valence electrons. The number of hydrogen-bond acceptors (Lipinski definition) is 6. The van der Waals surface area contributed by atoms with Crippen molar-refractivity contribution < 1.29 is 14.1 Å². The van der Waals surface area contributed by atoms with Gasteiger partial charge < -0.3 is 14.2 Å². The minimum atomic E-state index is 0.212. The van der Waals surface area contributed by atoms with E-state index in [4.69, 9.17) is 9.26 Å². The van der Waals surface area contributed by atoms with Crippen LogP contribution in [-0.2, 0) is 17.8 Å². The molecule has 0 radical (unpaired) electrons. The lowest BCUT2D eigenvalue weighted by Gasteiger charge is -2.34. The predicted octanol–water partition coefficient (Wildman–Crippen LogP) is 1.66. The van der Waals surface area contributed by atoms with Gasteiger partial charge in [0.05, 0.1) is 13.7 Å². The molecule has 2 aromatic rings. The number of carbonyl (C=O) groups is 1. The Morgan fingerprint density at radius 2 is 1.92 bits per heavy atom.